The highest BCUT2D eigenvalue weighted by Gasteiger charge is 2.27. The summed E-state index contributed by atoms with van der Waals surface area (Å²) in [4.78, 5) is 13.4. The Kier molecular flexibility index (Phi) is 3.04. The molecule has 0 spiro atoms. The van der Waals surface area contributed by atoms with E-state index in [-0.39, 0.29) is 0 Å². The molecule has 0 N–H and O–H groups in total. The van der Waals surface area contributed by atoms with E-state index in [0.717, 1.165) is 22.0 Å². The van der Waals surface area contributed by atoms with Gasteiger partial charge < -0.3 is 0 Å². The van der Waals surface area contributed by atoms with E-state index in [1.54, 1.807) is 11.3 Å². The molecular formula is C17H15N3S. The van der Waals surface area contributed by atoms with Gasteiger partial charge in [0, 0.05) is 40.8 Å². The fourth-order valence-electron chi connectivity index (χ4n) is 2.49. The molecular weight excluding hydrogens is 278 g/mol. The summed E-state index contributed by atoms with van der Waals surface area (Å²) in [7, 11) is 0. The lowest BCUT2D eigenvalue weighted by atomic mass is 10.0. The van der Waals surface area contributed by atoms with Gasteiger partial charge in [0.05, 0.1) is 5.69 Å². The van der Waals surface area contributed by atoms with Crippen LogP contribution in [0.4, 0.5) is 0 Å². The van der Waals surface area contributed by atoms with Crippen molar-refractivity contribution in [2.24, 2.45) is 0 Å². The summed E-state index contributed by atoms with van der Waals surface area (Å²) in [5.41, 5.74) is 5.71. The van der Waals surface area contributed by atoms with Gasteiger partial charge in [0.25, 0.3) is 0 Å². The Labute approximate surface area is 127 Å². The smallest absolute Gasteiger partial charge is 0.125 e. The highest BCUT2D eigenvalue weighted by atomic mass is 32.1. The van der Waals surface area contributed by atoms with Crippen LogP contribution >= 0.6 is 11.3 Å². The third-order valence-corrected chi connectivity index (χ3v) is 4.70. The number of hydrogen-bond acceptors (Lipinski definition) is 4. The zero-order chi connectivity index (χ0) is 14.2. The fourth-order valence-corrected chi connectivity index (χ4v) is 3.30. The lowest BCUT2D eigenvalue weighted by Crippen LogP contribution is -1.89. The Balaban J connectivity index is 1.73. The van der Waals surface area contributed by atoms with E-state index in [4.69, 9.17) is 4.98 Å². The summed E-state index contributed by atoms with van der Waals surface area (Å²) < 4.78 is 0. The number of aromatic nitrogens is 3. The highest BCUT2D eigenvalue weighted by molar-refractivity contribution is 7.13. The molecule has 4 rings (SSSR count). The highest BCUT2D eigenvalue weighted by Crippen LogP contribution is 2.44. The van der Waals surface area contributed by atoms with Crippen LogP contribution in [0.2, 0.25) is 0 Å². The number of thiazole rings is 1. The van der Waals surface area contributed by atoms with E-state index in [1.165, 1.54) is 24.0 Å². The molecule has 1 aliphatic rings. The molecule has 0 aliphatic heterocycles. The van der Waals surface area contributed by atoms with Crippen LogP contribution in [-0.2, 0) is 0 Å². The van der Waals surface area contributed by atoms with Gasteiger partial charge in [-0.2, -0.15) is 0 Å². The second-order valence-corrected chi connectivity index (χ2v) is 6.32. The summed E-state index contributed by atoms with van der Waals surface area (Å²) in [5, 5.41) is 3.14. The second kappa shape index (κ2) is 5.04. The lowest BCUT2D eigenvalue weighted by molar-refractivity contribution is 1.11. The molecule has 0 atom stereocenters. The molecule has 3 nitrogen and oxygen atoms in total. The first-order valence-corrected chi connectivity index (χ1v) is 8.02. The number of pyridine rings is 2. The van der Waals surface area contributed by atoms with Crippen molar-refractivity contribution >= 4 is 11.3 Å². The van der Waals surface area contributed by atoms with Gasteiger partial charge in [-0.3, -0.25) is 9.97 Å². The number of nitrogens with zero attached hydrogens (tertiary/aromatic N) is 3. The number of aryl methyl sites for hydroxylation is 1. The zero-order valence-corrected chi connectivity index (χ0v) is 12.6. The largest absolute Gasteiger partial charge is 0.264 e. The molecule has 1 fully saturated rings. The Morgan fingerprint density at radius 1 is 1.14 bits per heavy atom. The minimum atomic E-state index is 0.703. The van der Waals surface area contributed by atoms with E-state index < -0.39 is 0 Å². The Hall–Kier alpha value is -2.07. The van der Waals surface area contributed by atoms with Gasteiger partial charge in [-0.25, -0.2) is 4.98 Å². The molecule has 0 bridgehead atoms. The van der Waals surface area contributed by atoms with Crippen LogP contribution in [0.1, 0.15) is 30.0 Å². The number of rotatable bonds is 3. The Bertz CT molecular complexity index is 773. The molecule has 1 aliphatic carbocycles. The van der Waals surface area contributed by atoms with Gasteiger partial charge >= 0.3 is 0 Å². The van der Waals surface area contributed by atoms with Gasteiger partial charge in [0.1, 0.15) is 5.01 Å². The maximum absolute atomic E-state index is 4.79. The van der Waals surface area contributed by atoms with Gasteiger partial charge in [-0.1, -0.05) is 0 Å². The first-order valence-electron chi connectivity index (χ1n) is 7.14. The topological polar surface area (TPSA) is 38.7 Å². The molecule has 21 heavy (non-hydrogen) atoms. The van der Waals surface area contributed by atoms with Crippen LogP contribution in [0.3, 0.4) is 0 Å². The van der Waals surface area contributed by atoms with Crippen LogP contribution in [0.5, 0.6) is 0 Å². The van der Waals surface area contributed by atoms with E-state index in [1.807, 2.05) is 31.6 Å². The van der Waals surface area contributed by atoms with Crippen molar-refractivity contribution in [2.75, 3.05) is 0 Å². The average Bonchev–Trinajstić information content (AvgIpc) is 3.25. The molecule has 4 heteroatoms. The van der Waals surface area contributed by atoms with Gasteiger partial charge in [0.2, 0.25) is 0 Å². The minimum Gasteiger partial charge on any atom is -0.264 e. The maximum Gasteiger partial charge on any atom is 0.125 e. The van der Waals surface area contributed by atoms with Crippen molar-refractivity contribution in [3.05, 3.63) is 53.4 Å². The predicted molar refractivity (Wildman–Crippen MR) is 85.3 cm³/mol. The minimum absolute atomic E-state index is 0.703. The Morgan fingerprint density at radius 3 is 2.81 bits per heavy atom. The van der Waals surface area contributed by atoms with E-state index >= 15 is 0 Å². The first kappa shape index (κ1) is 12.7. The van der Waals surface area contributed by atoms with Crippen molar-refractivity contribution in [3.63, 3.8) is 0 Å². The predicted octanol–water partition coefficient (Wildman–Crippen LogP) is 4.45. The van der Waals surface area contributed by atoms with Gasteiger partial charge in [-0.05, 0) is 49.4 Å². The van der Waals surface area contributed by atoms with Crippen molar-refractivity contribution in [3.8, 4) is 21.8 Å². The molecule has 3 aromatic heterocycles. The van der Waals surface area contributed by atoms with Crippen LogP contribution in [0.15, 0.2) is 42.2 Å². The van der Waals surface area contributed by atoms with E-state index in [9.17, 15) is 0 Å². The molecule has 3 aromatic rings. The standard InChI is InChI=1S/C17H15N3S/c1-11-2-3-13(8-19-11)17-20-16(10-21-17)15-9-18-7-6-14(15)12-4-5-12/h2-3,6-10,12H,4-5H2,1H3. The summed E-state index contributed by atoms with van der Waals surface area (Å²) in [6.07, 6.45) is 8.29. The fraction of sp³-hybridized carbons (Fsp3) is 0.235. The van der Waals surface area contributed by atoms with Crippen molar-refractivity contribution in [1.29, 1.82) is 0 Å². The Morgan fingerprint density at radius 2 is 2.05 bits per heavy atom. The summed E-state index contributed by atoms with van der Waals surface area (Å²) >= 11 is 1.67. The summed E-state index contributed by atoms with van der Waals surface area (Å²) in [5.74, 6) is 0.703. The quantitative estimate of drug-likeness (QED) is 0.716. The van der Waals surface area contributed by atoms with E-state index in [2.05, 4.69) is 27.5 Å². The van der Waals surface area contributed by atoms with Crippen LogP contribution < -0.4 is 0 Å². The van der Waals surface area contributed by atoms with Crippen molar-refractivity contribution in [1.82, 2.24) is 15.0 Å². The van der Waals surface area contributed by atoms with Crippen LogP contribution in [0.25, 0.3) is 21.8 Å². The lowest BCUT2D eigenvalue weighted by Gasteiger charge is -2.04. The second-order valence-electron chi connectivity index (χ2n) is 5.46. The molecule has 1 saturated carbocycles. The molecule has 0 aromatic carbocycles. The normalized spacial score (nSPS) is 14.3. The van der Waals surface area contributed by atoms with Crippen molar-refractivity contribution < 1.29 is 0 Å². The maximum atomic E-state index is 4.79. The monoisotopic (exact) mass is 293 g/mol. The van der Waals surface area contributed by atoms with E-state index in [0.29, 0.717) is 5.92 Å². The number of hydrogen-bond donors (Lipinski definition) is 0. The summed E-state index contributed by atoms with van der Waals surface area (Å²) in [6, 6.07) is 6.24. The average molecular weight is 293 g/mol. The molecule has 0 saturated heterocycles. The SMILES string of the molecule is Cc1ccc(-c2nc(-c3cnccc3C3CC3)cs2)cn1. The van der Waals surface area contributed by atoms with Crippen LogP contribution in [-0.4, -0.2) is 15.0 Å². The van der Waals surface area contributed by atoms with Gasteiger partial charge in [-0.15, -0.1) is 11.3 Å². The third kappa shape index (κ3) is 2.47. The molecule has 3 heterocycles. The zero-order valence-electron chi connectivity index (χ0n) is 11.8. The van der Waals surface area contributed by atoms with Crippen molar-refractivity contribution in [2.45, 2.75) is 25.7 Å². The molecule has 104 valence electrons. The van der Waals surface area contributed by atoms with Gasteiger partial charge in [0.15, 0.2) is 0 Å². The molecule has 0 unspecified atom stereocenters. The molecule has 0 radical (unpaired) electrons. The molecule has 0 amide bonds. The summed E-state index contributed by atoms with van der Waals surface area (Å²) in [6.45, 7) is 1.99. The van der Waals surface area contributed by atoms with Crippen LogP contribution in [0, 0.1) is 6.92 Å². The third-order valence-electron chi connectivity index (χ3n) is 3.81. The first-order chi connectivity index (χ1) is 10.3.